The lowest BCUT2D eigenvalue weighted by molar-refractivity contribution is -0.114. The predicted octanol–water partition coefficient (Wildman–Crippen LogP) is 1.71. The molecule has 3 rings (SSSR count). The van der Waals surface area contributed by atoms with Crippen LogP contribution in [0.15, 0.2) is 23.6 Å². The molecule has 1 aromatic heterocycles. The third-order valence-electron chi connectivity index (χ3n) is 3.00. The third-order valence-corrected chi connectivity index (χ3v) is 3.87. The van der Waals surface area contributed by atoms with Crippen molar-refractivity contribution >= 4 is 34.7 Å². The van der Waals surface area contributed by atoms with Crippen molar-refractivity contribution in [2.75, 3.05) is 4.90 Å². The monoisotopic (exact) mass is 306 g/mol. The van der Waals surface area contributed by atoms with Gasteiger partial charge in [0.25, 0.3) is 11.7 Å². The highest BCUT2D eigenvalue weighted by Gasteiger charge is 2.38. The van der Waals surface area contributed by atoms with E-state index in [9.17, 15) is 18.8 Å². The van der Waals surface area contributed by atoms with Gasteiger partial charge in [0.15, 0.2) is 0 Å². The molecule has 6 nitrogen and oxygen atoms in total. The number of hydrogen-bond acceptors (Lipinski definition) is 5. The van der Waals surface area contributed by atoms with E-state index < -0.39 is 23.5 Å². The Labute approximate surface area is 121 Å². The van der Waals surface area contributed by atoms with Gasteiger partial charge in [-0.2, -0.15) is 0 Å². The van der Waals surface area contributed by atoms with Crippen molar-refractivity contribution < 1.29 is 23.9 Å². The van der Waals surface area contributed by atoms with E-state index >= 15 is 0 Å². The molecule has 0 fully saturated rings. The molecule has 0 atom stereocenters. The summed E-state index contributed by atoms with van der Waals surface area (Å²) >= 11 is 0.901. The fourth-order valence-corrected chi connectivity index (χ4v) is 2.75. The van der Waals surface area contributed by atoms with Crippen molar-refractivity contribution in [2.24, 2.45) is 0 Å². The van der Waals surface area contributed by atoms with Gasteiger partial charge in [-0.05, 0) is 12.1 Å². The molecule has 0 radical (unpaired) electrons. The van der Waals surface area contributed by atoms with Crippen molar-refractivity contribution in [3.63, 3.8) is 0 Å². The number of thiazole rings is 1. The number of nitrogens with zero attached hydrogens (tertiary/aromatic N) is 2. The second-order valence-corrected chi connectivity index (χ2v) is 5.16. The average Bonchev–Trinajstić information content (AvgIpc) is 3.00. The number of aromatic nitrogens is 1. The van der Waals surface area contributed by atoms with E-state index in [0.29, 0.717) is 0 Å². The molecule has 0 bridgehead atoms. The standard InChI is InChI=1S/C13H7FN2O4S/c14-8-3-1-2-7-9(8)16(12(18)10(7)17)4-6-5-21-11(15-6)13(19)20/h1-3,5H,4H2,(H,19,20). The third kappa shape index (κ3) is 2.09. The largest absolute Gasteiger partial charge is 0.476 e. The number of carbonyl (C=O) groups excluding carboxylic acids is 2. The van der Waals surface area contributed by atoms with E-state index in [1.165, 1.54) is 17.5 Å². The summed E-state index contributed by atoms with van der Waals surface area (Å²) in [4.78, 5) is 39.3. The summed E-state index contributed by atoms with van der Waals surface area (Å²) in [6, 6.07) is 3.89. The lowest BCUT2D eigenvalue weighted by atomic mass is 10.1. The Kier molecular flexibility index (Phi) is 3.02. The molecule has 0 saturated carbocycles. The molecule has 1 aliphatic heterocycles. The van der Waals surface area contributed by atoms with Gasteiger partial charge in [0.05, 0.1) is 23.5 Å². The molecule has 1 N–H and O–H groups in total. The maximum absolute atomic E-state index is 13.9. The minimum Gasteiger partial charge on any atom is -0.476 e. The number of hydrogen-bond donors (Lipinski definition) is 1. The van der Waals surface area contributed by atoms with Gasteiger partial charge < -0.3 is 5.11 Å². The number of para-hydroxylation sites is 1. The SMILES string of the molecule is O=C(O)c1nc(CN2C(=O)C(=O)c3cccc(F)c32)cs1. The molecule has 2 aromatic rings. The fourth-order valence-electron chi connectivity index (χ4n) is 2.10. The Hall–Kier alpha value is -2.61. The lowest BCUT2D eigenvalue weighted by Gasteiger charge is -2.15. The van der Waals surface area contributed by atoms with Crippen LogP contribution in [0.1, 0.15) is 25.9 Å². The minimum absolute atomic E-state index is 0.00804. The van der Waals surface area contributed by atoms with E-state index in [0.717, 1.165) is 22.3 Å². The van der Waals surface area contributed by atoms with E-state index in [-0.39, 0.29) is 28.5 Å². The second kappa shape index (κ2) is 4.74. The fraction of sp³-hybridized carbons (Fsp3) is 0.0769. The van der Waals surface area contributed by atoms with Gasteiger partial charge in [0.2, 0.25) is 5.01 Å². The van der Waals surface area contributed by atoms with Crippen LogP contribution in [-0.4, -0.2) is 27.8 Å². The van der Waals surface area contributed by atoms with Crippen LogP contribution in [0.25, 0.3) is 0 Å². The molecule has 0 spiro atoms. The van der Waals surface area contributed by atoms with Gasteiger partial charge in [0.1, 0.15) is 5.82 Å². The Morgan fingerprint density at radius 2 is 2.14 bits per heavy atom. The Morgan fingerprint density at radius 1 is 1.38 bits per heavy atom. The highest BCUT2D eigenvalue weighted by atomic mass is 32.1. The molecule has 21 heavy (non-hydrogen) atoms. The number of benzene rings is 1. The number of Topliss-reactive ketones (excluding diaryl/α,β-unsaturated/α-hetero) is 1. The van der Waals surface area contributed by atoms with Crippen LogP contribution in [0.2, 0.25) is 0 Å². The number of carboxylic acid groups (broad SMARTS) is 1. The maximum Gasteiger partial charge on any atom is 0.365 e. The zero-order valence-electron chi connectivity index (χ0n) is 10.4. The number of anilines is 1. The Balaban J connectivity index is 1.98. The van der Waals surface area contributed by atoms with Gasteiger partial charge in [-0.3, -0.25) is 14.5 Å². The summed E-state index contributed by atoms with van der Waals surface area (Å²) in [7, 11) is 0. The molecular formula is C13H7FN2O4S. The Morgan fingerprint density at radius 3 is 2.81 bits per heavy atom. The Bertz CT molecular complexity index is 786. The number of rotatable bonds is 3. The van der Waals surface area contributed by atoms with Crippen molar-refractivity contribution in [2.45, 2.75) is 6.54 Å². The number of carboxylic acids is 1. The zero-order chi connectivity index (χ0) is 15.1. The summed E-state index contributed by atoms with van der Waals surface area (Å²) in [5, 5.41) is 10.1. The molecule has 1 amide bonds. The molecule has 8 heteroatoms. The molecular weight excluding hydrogens is 299 g/mol. The predicted molar refractivity (Wildman–Crippen MR) is 71.0 cm³/mol. The van der Waals surface area contributed by atoms with Crippen LogP contribution < -0.4 is 4.90 Å². The van der Waals surface area contributed by atoms with Crippen molar-refractivity contribution in [3.05, 3.63) is 45.7 Å². The van der Waals surface area contributed by atoms with Gasteiger partial charge in [-0.25, -0.2) is 14.2 Å². The van der Waals surface area contributed by atoms with Crippen molar-refractivity contribution in [1.29, 1.82) is 0 Å². The summed E-state index contributed by atoms with van der Waals surface area (Å²) in [5.41, 5.74) is 0.209. The van der Waals surface area contributed by atoms with Crippen molar-refractivity contribution in [3.8, 4) is 0 Å². The number of ketones is 1. The van der Waals surface area contributed by atoms with Gasteiger partial charge in [0, 0.05) is 5.38 Å². The molecule has 0 saturated heterocycles. The average molecular weight is 306 g/mol. The maximum atomic E-state index is 13.9. The first kappa shape index (κ1) is 13.4. The highest BCUT2D eigenvalue weighted by molar-refractivity contribution is 7.11. The number of carbonyl (C=O) groups is 3. The van der Waals surface area contributed by atoms with Gasteiger partial charge in [-0.1, -0.05) is 6.07 Å². The summed E-state index contributed by atoms with van der Waals surface area (Å²) < 4.78 is 13.9. The summed E-state index contributed by atoms with van der Waals surface area (Å²) in [5.74, 6) is -3.49. The number of amides is 1. The smallest absolute Gasteiger partial charge is 0.365 e. The quantitative estimate of drug-likeness (QED) is 0.872. The topological polar surface area (TPSA) is 87.6 Å². The first-order valence-corrected chi connectivity index (χ1v) is 6.69. The highest BCUT2D eigenvalue weighted by Crippen LogP contribution is 2.32. The molecule has 2 heterocycles. The van der Waals surface area contributed by atoms with E-state index in [4.69, 9.17) is 5.11 Å². The molecule has 0 aliphatic carbocycles. The normalized spacial score (nSPS) is 13.7. The molecule has 1 aromatic carbocycles. The lowest BCUT2D eigenvalue weighted by Crippen LogP contribution is -2.29. The first-order chi connectivity index (χ1) is 9.99. The second-order valence-electron chi connectivity index (χ2n) is 4.31. The van der Waals surface area contributed by atoms with Crippen LogP contribution >= 0.6 is 11.3 Å². The number of aromatic carboxylic acids is 1. The van der Waals surface area contributed by atoms with E-state index in [2.05, 4.69) is 4.98 Å². The molecule has 1 aliphatic rings. The van der Waals surface area contributed by atoms with E-state index in [1.54, 1.807) is 0 Å². The zero-order valence-corrected chi connectivity index (χ0v) is 11.2. The minimum atomic E-state index is -1.18. The summed E-state index contributed by atoms with van der Waals surface area (Å²) in [6.45, 7) is -0.151. The number of fused-ring (bicyclic) bond motifs is 1. The van der Waals surface area contributed by atoms with Crippen LogP contribution in [-0.2, 0) is 11.3 Å². The summed E-state index contributed by atoms with van der Waals surface area (Å²) in [6.07, 6.45) is 0. The van der Waals surface area contributed by atoms with E-state index in [1.807, 2.05) is 0 Å². The number of halogens is 1. The molecule has 0 unspecified atom stereocenters. The van der Waals surface area contributed by atoms with Crippen LogP contribution in [0.4, 0.5) is 10.1 Å². The van der Waals surface area contributed by atoms with Crippen LogP contribution in [0.5, 0.6) is 0 Å². The van der Waals surface area contributed by atoms with Gasteiger partial charge >= 0.3 is 5.97 Å². The van der Waals surface area contributed by atoms with Crippen LogP contribution in [0, 0.1) is 5.82 Å². The van der Waals surface area contributed by atoms with Crippen LogP contribution in [0.3, 0.4) is 0 Å². The van der Waals surface area contributed by atoms with Gasteiger partial charge in [-0.15, -0.1) is 11.3 Å². The first-order valence-electron chi connectivity index (χ1n) is 5.81. The molecule has 106 valence electrons. The van der Waals surface area contributed by atoms with Crippen molar-refractivity contribution in [1.82, 2.24) is 4.98 Å².